The number of halogens is 1. The second kappa shape index (κ2) is 7.87. The van der Waals surface area contributed by atoms with Crippen LogP contribution in [0.4, 0.5) is 5.69 Å². The summed E-state index contributed by atoms with van der Waals surface area (Å²) < 4.78 is 0. The number of carbonyl (C=O) groups is 2. The summed E-state index contributed by atoms with van der Waals surface area (Å²) in [5, 5.41) is 14.4. The molecule has 0 saturated carbocycles. The van der Waals surface area contributed by atoms with Crippen LogP contribution in [-0.2, 0) is 6.54 Å². The molecule has 0 fully saturated rings. The highest BCUT2D eigenvalue weighted by atomic mass is 35.5. The van der Waals surface area contributed by atoms with Crippen LogP contribution < -0.4 is 10.6 Å². The predicted molar refractivity (Wildman–Crippen MR) is 96.9 cm³/mol. The molecule has 0 spiro atoms. The molecule has 0 unspecified atom stereocenters. The zero-order valence-electron chi connectivity index (χ0n) is 12.9. The van der Waals surface area contributed by atoms with E-state index in [0.29, 0.717) is 21.3 Å². The Balaban J connectivity index is 1.59. The molecule has 2 N–H and O–H groups in total. The normalized spacial score (nSPS) is 10.3. The molecule has 0 aliphatic carbocycles. The molecule has 2 amide bonds. The highest BCUT2D eigenvalue weighted by molar-refractivity contribution is 7.13. The molecular formula is C17H13ClN4O2S. The van der Waals surface area contributed by atoms with Crippen LogP contribution in [0, 0.1) is 0 Å². The van der Waals surface area contributed by atoms with Crippen molar-refractivity contribution < 1.29 is 9.59 Å². The van der Waals surface area contributed by atoms with E-state index < -0.39 is 0 Å². The van der Waals surface area contributed by atoms with Crippen molar-refractivity contribution >= 4 is 40.4 Å². The van der Waals surface area contributed by atoms with Crippen molar-refractivity contribution in [2.45, 2.75) is 6.54 Å². The molecule has 2 aromatic carbocycles. The lowest BCUT2D eigenvalue weighted by atomic mass is 10.2. The SMILES string of the molecule is O=C(Nc1ccccc1)c1nnc(CNC(=O)c2ccccc2Cl)s1. The third-order valence-electron chi connectivity index (χ3n) is 3.21. The monoisotopic (exact) mass is 372 g/mol. The molecule has 6 nitrogen and oxygen atoms in total. The van der Waals surface area contributed by atoms with Crippen molar-refractivity contribution in [1.29, 1.82) is 0 Å². The number of anilines is 1. The summed E-state index contributed by atoms with van der Waals surface area (Å²) in [5.74, 6) is -0.650. The van der Waals surface area contributed by atoms with Gasteiger partial charge in [-0.05, 0) is 24.3 Å². The zero-order valence-corrected chi connectivity index (χ0v) is 14.5. The van der Waals surface area contributed by atoms with E-state index in [1.165, 1.54) is 0 Å². The minimum Gasteiger partial charge on any atom is -0.345 e. The Hall–Kier alpha value is -2.77. The molecule has 0 atom stereocenters. The molecule has 1 aromatic heterocycles. The molecule has 8 heteroatoms. The third kappa shape index (κ3) is 4.40. The van der Waals surface area contributed by atoms with E-state index in [-0.39, 0.29) is 23.4 Å². The fourth-order valence-electron chi connectivity index (χ4n) is 2.02. The number of nitrogens with one attached hydrogen (secondary N) is 2. The Labute approximate surface area is 152 Å². The number of benzene rings is 2. The summed E-state index contributed by atoms with van der Waals surface area (Å²) in [7, 11) is 0. The van der Waals surface area contributed by atoms with Crippen molar-refractivity contribution in [3.8, 4) is 0 Å². The zero-order chi connectivity index (χ0) is 17.6. The van der Waals surface area contributed by atoms with Gasteiger partial charge in [-0.2, -0.15) is 0 Å². The van der Waals surface area contributed by atoms with Crippen molar-refractivity contribution in [2.24, 2.45) is 0 Å². The number of hydrogen-bond acceptors (Lipinski definition) is 5. The fraction of sp³-hybridized carbons (Fsp3) is 0.0588. The average Bonchev–Trinajstić information content (AvgIpc) is 3.10. The average molecular weight is 373 g/mol. The van der Waals surface area contributed by atoms with Crippen LogP contribution in [0.2, 0.25) is 5.02 Å². The van der Waals surface area contributed by atoms with Gasteiger partial charge in [0.2, 0.25) is 5.01 Å². The maximum absolute atomic E-state index is 12.1. The second-order valence-electron chi connectivity index (χ2n) is 4.98. The van der Waals surface area contributed by atoms with Gasteiger partial charge in [-0.1, -0.05) is 53.3 Å². The van der Waals surface area contributed by atoms with Gasteiger partial charge in [-0.15, -0.1) is 10.2 Å². The van der Waals surface area contributed by atoms with Gasteiger partial charge >= 0.3 is 0 Å². The minimum atomic E-state index is -0.340. The number of para-hydroxylation sites is 1. The van der Waals surface area contributed by atoms with Gasteiger partial charge in [0.15, 0.2) is 0 Å². The first-order valence-corrected chi connectivity index (χ1v) is 8.54. The van der Waals surface area contributed by atoms with E-state index in [1.54, 1.807) is 36.4 Å². The lowest BCUT2D eigenvalue weighted by molar-refractivity contribution is 0.0950. The highest BCUT2D eigenvalue weighted by Crippen LogP contribution is 2.16. The lowest BCUT2D eigenvalue weighted by Crippen LogP contribution is -2.23. The van der Waals surface area contributed by atoms with Gasteiger partial charge in [0, 0.05) is 5.69 Å². The maximum Gasteiger partial charge on any atom is 0.286 e. The van der Waals surface area contributed by atoms with Gasteiger partial charge in [0.05, 0.1) is 17.1 Å². The molecule has 0 bridgehead atoms. The summed E-state index contributed by atoms with van der Waals surface area (Å²) in [6.07, 6.45) is 0. The Morgan fingerprint density at radius 3 is 2.44 bits per heavy atom. The van der Waals surface area contributed by atoms with Crippen molar-refractivity contribution in [1.82, 2.24) is 15.5 Å². The van der Waals surface area contributed by atoms with Crippen molar-refractivity contribution in [3.63, 3.8) is 0 Å². The first kappa shape index (κ1) is 17.1. The Bertz CT molecular complexity index is 898. The summed E-state index contributed by atoms with van der Waals surface area (Å²) >= 11 is 7.10. The summed E-state index contributed by atoms with van der Waals surface area (Å²) in [6.45, 7) is 0.167. The Kier molecular flexibility index (Phi) is 5.37. The van der Waals surface area contributed by atoms with Crippen LogP contribution >= 0.6 is 22.9 Å². The van der Waals surface area contributed by atoms with Crippen LogP contribution in [-0.4, -0.2) is 22.0 Å². The van der Waals surface area contributed by atoms with E-state index in [9.17, 15) is 9.59 Å². The molecule has 3 aromatic rings. The van der Waals surface area contributed by atoms with Crippen LogP contribution in [0.3, 0.4) is 0 Å². The van der Waals surface area contributed by atoms with Gasteiger partial charge in [-0.3, -0.25) is 9.59 Å². The number of aromatic nitrogens is 2. The standard InChI is InChI=1S/C17H13ClN4O2S/c18-13-9-5-4-8-12(13)15(23)19-10-14-21-22-17(25-14)16(24)20-11-6-2-1-3-7-11/h1-9H,10H2,(H,19,23)(H,20,24). The maximum atomic E-state index is 12.1. The first-order valence-electron chi connectivity index (χ1n) is 7.35. The number of rotatable bonds is 5. The molecule has 126 valence electrons. The van der Waals surface area contributed by atoms with Crippen LogP contribution in [0.1, 0.15) is 25.2 Å². The van der Waals surface area contributed by atoms with E-state index >= 15 is 0 Å². The van der Waals surface area contributed by atoms with Gasteiger partial charge in [0.1, 0.15) is 5.01 Å². The number of carbonyl (C=O) groups excluding carboxylic acids is 2. The quantitative estimate of drug-likeness (QED) is 0.719. The number of hydrogen-bond donors (Lipinski definition) is 2. The topological polar surface area (TPSA) is 84.0 Å². The molecular weight excluding hydrogens is 360 g/mol. The fourth-order valence-corrected chi connectivity index (χ4v) is 2.92. The van der Waals surface area contributed by atoms with E-state index in [0.717, 1.165) is 11.3 Å². The van der Waals surface area contributed by atoms with Crippen molar-refractivity contribution in [2.75, 3.05) is 5.32 Å². The molecule has 25 heavy (non-hydrogen) atoms. The summed E-state index contributed by atoms with van der Waals surface area (Å²) in [4.78, 5) is 24.2. The van der Waals surface area contributed by atoms with Crippen molar-refractivity contribution in [3.05, 3.63) is 75.2 Å². The molecule has 0 saturated heterocycles. The first-order chi connectivity index (χ1) is 12.1. The number of nitrogens with zero attached hydrogens (tertiary/aromatic N) is 2. The summed E-state index contributed by atoms with van der Waals surface area (Å²) in [5.41, 5.74) is 1.06. The molecule has 0 aliphatic rings. The largest absolute Gasteiger partial charge is 0.345 e. The van der Waals surface area contributed by atoms with E-state index in [4.69, 9.17) is 11.6 Å². The predicted octanol–water partition coefficient (Wildman–Crippen LogP) is 3.37. The van der Waals surface area contributed by atoms with Gasteiger partial charge in [-0.25, -0.2) is 0 Å². The van der Waals surface area contributed by atoms with Gasteiger partial charge < -0.3 is 10.6 Å². The minimum absolute atomic E-state index is 0.167. The molecule has 1 heterocycles. The highest BCUT2D eigenvalue weighted by Gasteiger charge is 2.14. The molecule has 0 radical (unpaired) electrons. The van der Waals surface area contributed by atoms with Crippen LogP contribution in [0.15, 0.2) is 54.6 Å². The summed E-state index contributed by atoms with van der Waals surface area (Å²) in [6, 6.07) is 15.8. The number of amides is 2. The van der Waals surface area contributed by atoms with E-state index in [2.05, 4.69) is 20.8 Å². The Morgan fingerprint density at radius 1 is 0.960 bits per heavy atom. The van der Waals surface area contributed by atoms with E-state index in [1.807, 2.05) is 18.2 Å². The Morgan fingerprint density at radius 2 is 1.68 bits per heavy atom. The second-order valence-corrected chi connectivity index (χ2v) is 6.45. The smallest absolute Gasteiger partial charge is 0.286 e. The molecule has 0 aliphatic heterocycles. The van der Waals surface area contributed by atoms with Crippen LogP contribution in [0.25, 0.3) is 0 Å². The third-order valence-corrected chi connectivity index (χ3v) is 4.46. The molecule has 3 rings (SSSR count). The van der Waals surface area contributed by atoms with Crippen LogP contribution in [0.5, 0.6) is 0 Å². The lowest BCUT2D eigenvalue weighted by Gasteiger charge is -2.04. The van der Waals surface area contributed by atoms with Gasteiger partial charge in [0.25, 0.3) is 11.8 Å².